The van der Waals surface area contributed by atoms with Gasteiger partial charge in [-0.15, -0.1) is 0 Å². The van der Waals surface area contributed by atoms with E-state index < -0.39 is 0 Å². The van der Waals surface area contributed by atoms with Gasteiger partial charge in [-0.1, -0.05) is 44.7 Å². The number of ether oxygens (including phenoxy) is 1. The zero-order valence-corrected chi connectivity index (χ0v) is 16.3. The first-order chi connectivity index (χ1) is 12.2. The van der Waals surface area contributed by atoms with Crippen LogP contribution in [-0.4, -0.2) is 6.61 Å². The molecule has 4 rings (SSSR count). The van der Waals surface area contributed by atoms with Crippen LogP contribution in [0, 0.1) is 23.2 Å². The van der Waals surface area contributed by atoms with Gasteiger partial charge in [0.1, 0.15) is 5.75 Å². The lowest BCUT2D eigenvalue weighted by molar-refractivity contribution is -0.0726. The standard InChI is InChI=1S/C24H36O/c1-3-5-18-6-8-19(9-7-18)21-14-24(15-21)16-22(17-24)20-10-12-23(13-11-20)25-4-2/h10-13,18-19,21-22H,3-9,14-17H2,1-2H3. The summed E-state index contributed by atoms with van der Waals surface area (Å²) in [5.41, 5.74) is 2.28. The van der Waals surface area contributed by atoms with Gasteiger partial charge in [0.25, 0.3) is 0 Å². The smallest absolute Gasteiger partial charge is 0.119 e. The van der Waals surface area contributed by atoms with Crippen LogP contribution in [0.15, 0.2) is 24.3 Å². The molecule has 0 aliphatic heterocycles. The van der Waals surface area contributed by atoms with Gasteiger partial charge in [-0.3, -0.25) is 0 Å². The fraction of sp³-hybridized carbons (Fsp3) is 0.750. The molecule has 0 atom stereocenters. The molecule has 3 aliphatic rings. The Hall–Kier alpha value is -0.980. The summed E-state index contributed by atoms with van der Waals surface area (Å²) in [5, 5.41) is 0. The largest absolute Gasteiger partial charge is 0.494 e. The second-order valence-electron chi connectivity index (χ2n) is 9.35. The summed E-state index contributed by atoms with van der Waals surface area (Å²) in [6, 6.07) is 8.91. The molecule has 0 aromatic heterocycles. The predicted octanol–water partition coefficient (Wildman–Crippen LogP) is 6.97. The third-order valence-electron chi connectivity index (χ3n) is 7.67. The van der Waals surface area contributed by atoms with Crippen molar-refractivity contribution in [2.75, 3.05) is 6.61 Å². The monoisotopic (exact) mass is 340 g/mol. The first kappa shape index (κ1) is 17.4. The second-order valence-corrected chi connectivity index (χ2v) is 9.35. The molecule has 138 valence electrons. The summed E-state index contributed by atoms with van der Waals surface area (Å²) >= 11 is 0. The molecule has 0 saturated heterocycles. The third kappa shape index (κ3) is 3.62. The average molecular weight is 341 g/mol. The molecule has 0 heterocycles. The third-order valence-corrected chi connectivity index (χ3v) is 7.67. The minimum atomic E-state index is 0.744. The Morgan fingerprint density at radius 3 is 2.16 bits per heavy atom. The first-order valence-corrected chi connectivity index (χ1v) is 10.9. The molecular formula is C24H36O. The van der Waals surface area contributed by atoms with E-state index >= 15 is 0 Å². The molecule has 0 radical (unpaired) electrons. The molecule has 0 amide bonds. The van der Waals surface area contributed by atoms with Crippen molar-refractivity contribution < 1.29 is 4.74 Å². The van der Waals surface area contributed by atoms with Crippen molar-refractivity contribution in [2.24, 2.45) is 23.2 Å². The van der Waals surface area contributed by atoms with Crippen LogP contribution < -0.4 is 4.74 Å². The highest BCUT2D eigenvalue weighted by Crippen LogP contribution is 2.66. The van der Waals surface area contributed by atoms with Gasteiger partial charge in [0.15, 0.2) is 0 Å². The van der Waals surface area contributed by atoms with Gasteiger partial charge in [0, 0.05) is 0 Å². The lowest BCUT2D eigenvalue weighted by Gasteiger charge is -2.60. The summed E-state index contributed by atoms with van der Waals surface area (Å²) in [6.45, 7) is 5.15. The van der Waals surface area contributed by atoms with Gasteiger partial charge in [-0.25, -0.2) is 0 Å². The van der Waals surface area contributed by atoms with Crippen molar-refractivity contribution in [3.63, 3.8) is 0 Å². The SMILES string of the molecule is CCCC1CCC(C2CC3(CC(c4ccc(OCC)cc4)C3)C2)CC1. The van der Waals surface area contributed by atoms with Crippen LogP contribution in [0.3, 0.4) is 0 Å². The van der Waals surface area contributed by atoms with E-state index in [4.69, 9.17) is 4.74 Å². The predicted molar refractivity (Wildman–Crippen MR) is 105 cm³/mol. The van der Waals surface area contributed by atoms with Gasteiger partial charge < -0.3 is 4.74 Å². The van der Waals surface area contributed by atoms with Crippen molar-refractivity contribution >= 4 is 0 Å². The van der Waals surface area contributed by atoms with E-state index in [0.717, 1.165) is 41.4 Å². The Morgan fingerprint density at radius 1 is 0.880 bits per heavy atom. The Morgan fingerprint density at radius 2 is 1.56 bits per heavy atom. The summed E-state index contributed by atoms with van der Waals surface area (Å²) in [6.07, 6.45) is 15.0. The molecule has 3 aliphatic carbocycles. The highest BCUT2D eigenvalue weighted by atomic mass is 16.5. The summed E-state index contributed by atoms with van der Waals surface area (Å²) in [4.78, 5) is 0. The van der Waals surface area contributed by atoms with Crippen LogP contribution in [0.1, 0.15) is 89.5 Å². The maximum atomic E-state index is 5.57. The molecule has 25 heavy (non-hydrogen) atoms. The molecule has 3 saturated carbocycles. The summed E-state index contributed by atoms with van der Waals surface area (Å²) < 4.78 is 5.57. The molecule has 0 unspecified atom stereocenters. The Bertz CT molecular complexity index is 538. The van der Waals surface area contributed by atoms with Crippen molar-refractivity contribution in [3.8, 4) is 5.75 Å². The maximum absolute atomic E-state index is 5.57. The lowest BCUT2D eigenvalue weighted by Crippen LogP contribution is -2.49. The average Bonchev–Trinajstić information content (AvgIpc) is 2.56. The van der Waals surface area contributed by atoms with E-state index in [1.54, 1.807) is 12.8 Å². The summed E-state index contributed by atoms with van der Waals surface area (Å²) in [7, 11) is 0. The number of hydrogen-bond acceptors (Lipinski definition) is 1. The van der Waals surface area contributed by atoms with Crippen molar-refractivity contribution in [3.05, 3.63) is 29.8 Å². The van der Waals surface area contributed by atoms with Crippen molar-refractivity contribution in [2.45, 2.75) is 84.0 Å². The molecular weight excluding hydrogens is 304 g/mol. The first-order valence-electron chi connectivity index (χ1n) is 10.9. The molecule has 1 aromatic rings. The molecule has 1 aromatic carbocycles. The zero-order valence-electron chi connectivity index (χ0n) is 16.3. The minimum Gasteiger partial charge on any atom is -0.494 e. The lowest BCUT2D eigenvalue weighted by atomic mass is 9.45. The van der Waals surface area contributed by atoms with Crippen molar-refractivity contribution in [1.82, 2.24) is 0 Å². The quantitative estimate of drug-likeness (QED) is 0.543. The number of rotatable bonds is 6. The van der Waals surface area contributed by atoms with Gasteiger partial charge in [0.2, 0.25) is 0 Å². The van der Waals surface area contributed by atoms with Gasteiger partial charge in [-0.05, 0) is 92.2 Å². The summed E-state index contributed by atoms with van der Waals surface area (Å²) in [5.74, 6) is 5.04. The fourth-order valence-corrected chi connectivity index (χ4v) is 6.30. The van der Waals surface area contributed by atoms with Gasteiger partial charge in [-0.2, -0.15) is 0 Å². The zero-order chi connectivity index (χ0) is 17.3. The van der Waals surface area contributed by atoms with Gasteiger partial charge in [0.05, 0.1) is 6.61 Å². The maximum Gasteiger partial charge on any atom is 0.119 e. The molecule has 3 fully saturated rings. The highest BCUT2D eigenvalue weighted by Gasteiger charge is 2.54. The van der Waals surface area contributed by atoms with Crippen LogP contribution in [0.25, 0.3) is 0 Å². The van der Waals surface area contributed by atoms with E-state index in [1.165, 1.54) is 56.9 Å². The number of benzene rings is 1. The van der Waals surface area contributed by atoms with E-state index in [9.17, 15) is 0 Å². The molecule has 0 N–H and O–H groups in total. The molecule has 1 spiro atoms. The van der Waals surface area contributed by atoms with E-state index in [-0.39, 0.29) is 0 Å². The Labute approximate surface area is 154 Å². The van der Waals surface area contributed by atoms with Crippen LogP contribution in [0.2, 0.25) is 0 Å². The Balaban J connectivity index is 1.21. The van der Waals surface area contributed by atoms with Crippen LogP contribution in [-0.2, 0) is 0 Å². The second kappa shape index (κ2) is 7.33. The number of hydrogen-bond donors (Lipinski definition) is 0. The molecule has 1 nitrogen and oxygen atoms in total. The molecule has 0 bridgehead atoms. The van der Waals surface area contributed by atoms with Crippen molar-refractivity contribution in [1.29, 1.82) is 0 Å². The van der Waals surface area contributed by atoms with E-state index in [2.05, 4.69) is 31.2 Å². The van der Waals surface area contributed by atoms with Crippen LogP contribution >= 0.6 is 0 Å². The fourth-order valence-electron chi connectivity index (χ4n) is 6.30. The van der Waals surface area contributed by atoms with Crippen LogP contribution in [0.5, 0.6) is 5.75 Å². The minimum absolute atomic E-state index is 0.744. The van der Waals surface area contributed by atoms with Crippen LogP contribution in [0.4, 0.5) is 0 Å². The molecule has 1 heteroatoms. The topological polar surface area (TPSA) is 9.23 Å². The van der Waals surface area contributed by atoms with Gasteiger partial charge >= 0.3 is 0 Å². The normalized spacial score (nSPS) is 37.4. The van der Waals surface area contributed by atoms with E-state index in [0.29, 0.717) is 0 Å². The van der Waals surface area contributed by atoms with E-state index in [1.807, 2.05) is 6.92 Å². The highest BCUT2D eigenvalue weighted by molar-refractivity contribution is 5.32. The Kier molecular flexibility index (Phi) is 5.11.